The molecule has 5 atom stereocenters. The van der Waals surface area contributed by atoms with Crippen LogP contribution in [0.15, 0.2) is 18.2 Å². The normalized spacial score (nSPS) is 24.3. The van der Waals surface area contributed by atoms with Crippen molar-refractivity contribution in [2.75, 3.05) is 33.0 Å². The minimum atomic E-state index is -0.460. The molecule has 0 aromatic heterocycles. The second kappa shape index (κ2) is 18.5. The van der Waals surface area contributed by atoms with Crippen LogP contribution in [0.1, 0.15) is 96.3 Å². The fourth-order valence-corrected chi connectivity index (χ4v) is 4.54. The van der Waals surface area contributed by atoms with Gasteiger partial charge in [0.05, 0.1) is 13.2 Å². The summed E-state index contributed by atoms with van der Waals surface area (Å²) >= 11 is 6.70. The van der Waals surface area contributed by atoms with E-state index in [1.807, 2.05) is 18.2 Å². The zero-order chi connectivity index (χ0) is 26.2. The molecule has 7 heteroatoms. The van der Waals surface area contributed by atoms with Gasteiger partial charge in [0.2, 0.25) is 0 Å². The van der Waals surface area contributed by atoms with Gasteiger partial charge in [-0.15, -0.1) is 0 Å². The van der Waals surface area contributed by atoms with Crippen molar-refractivity contribution in [1.29, 1.82) is 0 Å². The maximum absolute atomic E-state index is 9.79. The highest BCUT2D eigenvalue weighted by molar-refractivity contribution is 6.31. The molecule has 0 saturated carbocycles. The standard InChI is InChI=1S/C29H49ClO6/c1-5-9-15-32-21-25-27(33-16-10-6-2)29(35-18-12-8-4)28(34-17-11-7-3)26(36-25)23-19-22(20-31)13-14-24(23)30/h13-14,19,25-29,31H,5-12,15-18,20-21H2,1-4H3/t25-,26?,27-,28+,29?/m1/s1. The van der Waals surface area contributed by atoms with Crippen molar-refractivity contribution in [3.63, 3.8) is 0 Å². The van der Waals surface area contributed by atoms with E-state index in [-0.39, 0.29) is 24.9 Å². The lowest BCUT2D eigenvalue weighted by Crippen LogP contribution is -2.58. The van der Waals surface area contributed by atoms with Crippen molar-refractivity contribution in [2.45, 2.75) is 116 Å². The molecule has 1 aromatic carbocycles. The molecule has 208 valence electrons. The molecule has 1 aliphatic rings. The van der Waals surface area contributed by atoms with E-state index >= 15 is 0 Å². The minimum absolute atomic E-state index is 0.0685. The third kappa shape index (κ3) is 9.86. The van der Waals surface area contributed by atoms with Crippen LogP contribution in [-0.4, -0.2) is 62.6 Å². The Morgan fingerprint density at radius 1 is 0.778 bits per heavy atom. The Kier molecular flexibility index (Phi) is 16.2. The third-order valence-electron chi connectivity index (χ3n) is 6.53. The molecule has 1 aromatic rings. The Labute approximate surface area is 223 Å². The summed E-state index contributed by atoms with van der Waals surface area (Å²) in [5.41, 5.74) is 1.59. The van der Waals surface area contributed by atoms with Crippen molar-refractivity contribution in [1.82, 2.24) is 0 Å². The van der Waals surface area contributed by atoms with Crippen LogP contribution in [0.3, 0.4) is 0 Å². The van der Waals surface area contributed by atoms with Crippen LogP contribution in [0.2, 0.25) is 5.02 Å². The highest BCUT2D eigenvalue weighted by Crippen LogP contribution is 2.40. The molecule has 1 saturated heterocycles. The highest BCUT2D eigenvalue weighted by atomic mass is 35.5. The molecule has 0 spiro atoms. The number of hydrogen-bond donors (Lipinski definition) is 1. The molecular weight excluding hydrogens is 480 g/mol. The van der Waals surface area contributed by atoms with Gasteiger partial charge in [-0.1, -0.05) is 71.0 Å². The second-order valence-electron chi connectivity index (χ2n) is 9.60. The molecule has 1 N–H and O–H groups in total. The molecule has 36 heavy (non-hydrogen) atoms. The summed E-state index contributed by atoms with van der Waals surface area (Å²) in [6, 6.07) is 5.57. The minimum Gasteiger partial charge on any atom is -0.392 e. The van der Waals surface area contributed by atoms with Crippen LogP contribution in [0.5, 0.6) is 0 Å². The topological polar surface area (TPSA) is 66.4 Å². The number of unbranched alkanes of at least 4 members (excludes halogenated alkanes) is 4. The van der Waals surface area contributed by atoms with Gasteiger partial charge in [-0.2, -0.15) is 0 Å². The number of aliphatic hydroxyl groups is 1. The zero-order valence-corrected chi connectivity index (χ0v) is 23.6. The smallest absolute Gasteiger partial charge is 0.117 e. The molecule has 1 fully saturated rings. The van der Waals surface area contributed by atoms with E-state index in [4.69, 9.17) is 35.3 Å². The maximum atomic E-state index is 9.79. The molecule has 6 nitrogen and oxygen atoms in total. The van der Waals surface area contributed by atoms with Crippen LogP contribution in [-0.2, 0) is 30.3 Å². The van der Waals surface area contributed by atoms with Gasteiger partial charge < -0.3 is 28.8 Å². The number of rotatable bonds is 19. The number of ether oxygens (including phenoxy) is 5. The summed E-state index contributed by atoms with van der Waals surface area (Å²) in [6.45, 7) is 11.5. The van der Waals surface area contributed by atoms with E-state index in [2.05, 4.69) is 27.7 Å². The molecular formula is C29H49ClO6. The molecule has 0 aliphatic carbocycles. The Morgan fingerprint density at radius 3 is 1.92 bits per heavy atom. The maximum Gasteiger partial charge on any atom is 0.117 e. The first-order chi connectivity index (χ1) is 17.6. The number of halogens is 1. The zero-order valence-electron chi connectivity index (χ0n) is 22.9. The predicted molar refractivity (Wildman–Crippen MR) is 145 cm³/mol. The fraction of sp³-hybridized carbons (Fsp3) is 0.793. The largest absolute Gasteiger partial charge is 0.392 e. The fourth-order valence-electron chi connectivity index (χ4n) is 4.32. The van der Waals surface area contributed by atoms with Gasteiger partial charge in [0.15, 0.2) is 0 Å². The van der Waals surface area contributed by atoms with E-state index < -0.39 is 12.2 Å². The van der Waals surface area contributed by atoms with E-state index in [1.165, 1.54) is 0 Å². The number of hydrogen-bond acceptors (Lipinski definition) is 6. The first-order valence-electron chi connectivity index (χ1n) is 14.1. The van der Waals surface area contributed by atoms with E-state index in [0.717, 1.165) is 62.5 Å². The molecule has 0 amide bonds. The summed E-state index contributed by atoms with van der Waals surface area (Å²) in [7, 11) is 0. The van der Waals surface area contributed by atoms with Crippen LogP contribution in [0.25, 0.3) is 0 Å². The molecule has 0 bridgehead atoms. The lowest BCUT2D eigenvalue weighted by Gasteiger charge is -2.46. The van der Waals surface area contributed by atoms with Gasteiger partial charge in [0.1, 0.15) is 30.5 Å². The van der Waals surface area contributed by atoms with Gasteiger partial charge in [0, 0.05) is 37.0 Å². The van der Waals surface area contributed by atoms with Crippen LogP contribution in [0.4, 0.5) is 0 Å². The van der Waals surface area contributed by atoms with Gasteiger partial charge in [-0.3, -0.25) is 0 Å². The molecule has 2 rings (SSSR count). The van der Waals surface area contributed by atoms with Crippen LogP contribution < -0.4 is 0 Å². The second-order valence-corrected chi connectivity index (χ2v) is 10.0. The Bertz CT molecular complexity index is 702. The summed E-state index contributed by atoms with van der Waals surface area (Å²) in [6.07, 6.45) is 6.28. The van der Waals surface area contributed by atoms with Gasteiger partial charge >= 0.3 is 0 Å². The van der Waals surface area contributed by atoms with Crippen molar-refractivity contribution < 1.29 is 28.8 Å². The first kappa shape index (κ1) is 31.5. The molecule has 2 unspecified atom stereocenters. The number of aliphatic hydroxyl groups excluding tert-OH is 1. The molecule has 1 aliphatic heterocycles. The Balaban J connectivity index is 2.44. The lowest BCUT2D eigenvalue weighted by atomic mass is 9.89. The Hall–Kier alpha value is -0.730. The van der Waals surface area contributed by atoms with Crippen molar-refractivity contribution >= 4 is 11.6 Å². The van der Waals surface area contributed by atoms with Crippen LogP contribution in [0, 0.1) is 0 Å². The van der Waals surface area contributed by atoms with Crippen molar-refractivity contribution in [3.8, 4) is 0 Å². The van der Waals surface area contributed by atoms with Crippen molar-refractivity contribution in [3.05, 3.63) is 34.3 Å². The van der Waals surface area contributed by atoms with Gasteiger partial charge in [-0.05, 0) is 43.4 Å². The van der Waals surface area contributed by atoms with E-state index in [1.54, 1.807) is 0 Å². The summed E-state index contributed by atoms with van der Waals surface area (Å²) in [5, 5.41) is 10.4. The number of benzene rings is 1. The van der Waals surface area contributed by atoms with Gasteiger partial charge in [-0.25, -0.2) is 0 Å². The average molecular weight is 529 g/mol. The third-order valence-corrected chi connectivity index (χ3v) is 6.88. The van der Waals surface area contributed by atoms with Crippen molar-refractivity contribution in [2.24, 2.45) is 0 Å². The lowest BCUT2D eigenvalue weighted by molar-refractivity contribution is -0.268. The first-order valence-corrected chi connectivity index (χ1v) is 14.5. The summed E-state index contributed by atoms with van der Waals surface area (Å²) < 4.78 is 32.3. The van der Waals surface area contributed by atoms with E-state index in [9.17, 15) is 5.11 Å². The Morgan fingerprint density at radius 2 is 1.33 bits per heavy atom. The SMILES string of the molecule is CCCCOC[C@H]1OC(c2cc(CO)ccc2Cl)[C@H](OCCCC)C(OCCCC)[C@@H]1OCCCC. The monoisotopic (exact) mass is 528 g/mol. The summed E-state index contributed by atoms with van der Waals surface area (Å²) in [4.78, 5) is 0. The quantitative estimate of drug-likeness (QED) is 0.203. The summed E-state index contributed by atoms with van der Waals surface area (Å²) in [5.74, 6) is 0. The highest BCUT2D eigenvalue weighted by Gasteiger charge is 2.49. The molecule has 1 heterocycles. The predicted octanol–water partition coefficient (Wildman–Crippen LogP) is 6.64. The molecule has 0 radical (unpaired) electrons. The van der Waals surface area contributed by atoms with Crippen LogP contribution >= 0.6 is 11.6 Å². The average Bonchev–Trinajstić information content (AvgIpc) is 2.89. The van der Waals surface area contributed by atoms with E-state index in [0.29, 0.717) is 38.1 Å². The van der Waals surface area contributed by atoms with Gasteiger partial charge in [0.25, 0.3) is 0 Å².